The van der Waals surface area contributed by atoms with Gasteiger partial charge in [-0.15, -0.1) is 0 Å². The molecule has 0 atom stereocenters. The summed E-state index contributed by atoms with van der Waals surface area (Å²) in [6, 6.07) is 13.6. The van der Waals surface area contributed by atoms with E-state index in [2.05, 4.69) is 4.98 Å². The van der Waals surface area contributed by atoms with Crippen LogP contribution in [0.3, 0.4) is 0 Å². The Morgan fingerprint density at radius 3 is 2.09 bits per heavy atom. The fourth-order valence-electron chi connectivity index (χ4n) is 3.25. The standard InChI is InChI=1S/C27H39NO5/c1-4-31-26(29)27(2,3)17-7-11-21-33-25-15-13-24(14-16-25)32-20-10-5-9-19-30-22-23-12-6-8-18-28-23/h6,8,12-16,18H,4-5,7,9-11,17,19-22H2,1-3H3. The zero-order chi connectivity index (χ0) is 23.8. The number of esters is 1. The third kappa shape index (κ3) is 11.2. The molecule has 6 nitrogen and oxygen atoms in total. The summed E-state index contributed by atoms with van der Waals surface area (Å²) in [5, 5.41) is 0. The molecule has 0 bridgehead atoms. The van der Waals surface area contributed by atoms with Crippen molar-refractivity contribution in [3.05, 3.63) is 54.4 Å². The number of hydrogen-bond donors (Lipinski definition) is 0. The second-order valence-corrected chi connectivity index (χ2v) is 8.66. The molecule has 0 fully saturated rings. The average molecular weight is 458 g/mol. The molecule has 0 saturated heterocycles. The summed E-state index contributed by atoms with van der Waals surface area (Å²) >= 11 is 0. The van der Waals surface area contributed by atoms with E-state index >= 15 is 0 Å². The van der Waals surface area contributed by atoms with Gasteiger partial charge in [0.1, 0.15) is 11.5 Å². The maximum Gasteiger partial charge on any atom is 0.311 e. The molecule has 0 aliphatic rings. The molecule has 0 radical (unpaired) electrons. The minimum atomic E-state index is -0.443. The van der Waals surface area contributed by atoms with Gasteiger partial charge in [-0.1, -0.05) is 6.07 Å². The van der Waals surface area contributed by atoms with Crippen LogP contribution < -0.4 is 9.47 Å². The van der Waals surface area contributed by atoms with Gasteiger partial charge in [-0.2, -0.15) is 0 Å². The molecule has 33 heavy (non-hydrogen) atoms. The van der Waals surface area contributed by atoms with Crippen molar-refractivity contribution in [2.45, 2.75) is 65.9 Å². The number of nitrogens with zero attached hydrogens (tertiary/aromatic N) is 1. The van der Waals surface area contributed by atoms with E-state index in [0.717, 1.165) is 62.3 Å². The van der Waals surface area contributed by atoms with Crippen molar-refractivity contribution in [1.29, 1.82) is 0 Å². The van der Waals surface area contributed by atoms with Crippen molar-refractivity contribution in [2.75, 3.05) is 26.4 Å². The lowest BCUT2D eigenvalue weighted by Crippen LogP contribution is -2.26. The van der Waals surface area contributed by atoms with Gasteiger partial charge >= 0.3 is 5.97 Å². The lowest BCUT2D eigenvalue weighted by Gasteiger charge is -2.21. The number of benzene rings is 1. The third-order valence-corrected chi connectivity index (χ3v) is 5.29. The number of rotatable bonds is 17. The number of carbonyl (C=O) groups excluding carboxylic acids is 1. The predicted octanol–water partition coefficient (Wildman–Crippen LogP) is 5.99. The van der Waals surface area contributed by atoms with Crippen LogP contribution in [0.5, 0.6) is 11.5 Å². The Bertz CT molecular complexity index is 777. The summed E-state index contributed by atoms with van der Waals surface area (Å²) in [6.07, 6.45) is 7.46. The maximum atomic E-state index is 11.9. The van der Waals surface area contributed by atoms with Gasteiger partial charge in [-0.05, 0) is 95.7 Å². The molecule has 0 spiro atoms. The molecule has 1 heterocycles. The summed E-state index contributed by atoms with van der Waals surface area (Å²) in [5.41, 5.74) is 0.521. The summed E-state index contributed by atoms with van der Waals surface area (Å²) in [7, 11) is 0. The van der Waals surface area contributed by atoms with E-state index in [1.807, 2.05) is 63.2 Å². The first-order valence-electron chi connectivity index (χ1n) is 12.0. The van der Waals surface area contributed by atoms with E-state index in [1.54, 1.807) is 6.20 Å². The zero-order valence-corrected chi connectivity index (χ0v) is 20.4. The van der Waals surface area contributed by atoms with Gasteiger partial charge in [0.15, 0.2) is 0 Å². The molecule has 0 saturated carbocycles. The Labute approximate surface area is 198 Å². The zero-order valence-electron chi connectivity index (χ0n) is 20.4. The highest BCUT2D eigenvalue weighted by atomic mass is 16.5. The van der Waals surface area contributed by atoms with Crippen LogP contribution in [0.2, 0.25) is 0 Å². The summed E-state index contributed by atoms with van der Waals surface area (Å²) in [5.74, 6) is 1.55. The third-order valence-electron chi connectivity index (χ3n) is 5.29. The molecule has 2 aromatic rings. The molecule has 0 unspecified atom stereocenters. The fourth-order valence-corrected chi connectivity index (χ4v) is 3.25. The molecule has 1 aromatic heterocycles. The summed E-state index contributed by atoms with van der Waals surface area (Å²) < 4.78 is 22.4. The van der Waals surface area contributed by atoms with Crippen molar-refractivity contribution in [3.8, 4) is 11.5 Å². The molecule has 0 N–H and O–H groups in total. The Hall–Kier alpha value is -2.60. The van der Waals surface area contributed by atoms with Crippen LogP contribution in [0.25, 0.3) is 0 Å². The second kappa shape index (κ2) is 15.3. The van der Waals surface area contributed by atoms with Gasteiger partial charge in [0.2, 0.25) is 0 Å². The van der Waals surface area contributed by atoms with E-state index in [4.69, 9.17) is 18.9 Å². The van der Waals surface area contributed by atoms with E-state index < -0.39 is 5.41 Å². The smallest absolute Gasteiger partial charge is 0.311 e. The first-order chi connectivity index (χ1) is 16.0. The normalized spacial score (nSPS) is 11.2. The molecule has 1 aromatic carbocycles. The van der Waals surface area contributed by atoms with E-state index in [-0.39, 0.29) is 5.97 Å². The highest BCUT2D eigenvalue weighted by Crippen LogP contribution is 2.25. The van der Waals surface area contributed by atoms with Gasteiger partial charge in [-0.3, -0.25) is 9.78 Å². The molecule has 0 aliphatic heterocycles. The molecular weight excluding hydrogens is 418 g/mol. The largest absolute Gasteiger partial charge is 0.494 e. The number of pyridine rings is 1. The Morgan fingerprint density at radius 2 is 1.48 bits per heavy atom. The number of hydrogen-bond acceptors (Lipinski definition) is 6. The van der Waals surface area contributed by atoms with Gasteiger partial charge in [0, 0.05) is 12.8 Å². The summed E-state index contributed by atoms with van der Waals surface area (Å²) in [4.78, 5) is 16.2. The lowest BCUT2D eigenvalue weighted by atomic mass is 9.87. The average Bonchev–Trinajstić information content (AvgIpc) is 2.82. The first kappa shape index (κ1) is 26.7. The molecule has 182 valence electrons. The van der Waals surface area contributed by atoms with Crippen molar-refractivity contribution in [3.63, 3.8) is 0 Å². The lowest BCUT2D eigenvalue weighted by molar-refractivity contribution is -0.153. The van der Waals surface area contributed by atoms with Crippen molar-refractivity contribution < 1.29 is 23.7 Å². The van der Waals surface area contributed by atoms with Crippen LogP contribution in [0.4, 0.5) is 0 Å². The van der Waals surface area contributed by atoms with E-state index in [0.29, 0.717) is 26.4 Å². The van der Waals surface area contributed by atoms with Crippen LogP contribution in [0, 0.1) is 5.41 Å². The topological polar surface area (TPSA) is 66.9 Å². The predicted molar refractivity (Wildman–Crippen MR) is 129 cm³/mol. The monoisotopic (exact) mass is 457 g/mol. The second-order valence-electron chi connectivity index (χ2n) is 8.66. The van der Waals surface area contributed by atoms with Crippen LogP contribution in [-0.2, 0) is 20.9 Å². The molecule has 6 heteroatoms. The molecular formula is C27H39NO5. The minimum Gasteiger partial charge on any atom is -0.494 e. The maximum absolute atomic E-state index is 11.9. The highest BCUT2D eigenvalue weighted by Gasteiger charge is 2.28. The highest BCUT2D eigenvalue weighted by molar-refractivity contribution is 5.75. The van der Waals surface area contributed by atoms with Crippen molar-refractivity contribution in [1.82, 2.24) is 4.98 Å². The van der Waals surface area contributed by atoms with Gasteiger partial charge < -0.3 is 18.9 Å². The van der Waals surface area contributed by atoms with Gasteiger partial charge in [0.25, 0.3) is 0 Å². The van der Waals surface area contributed by atoms with Crippen molar-refractivity contribution in [2.24, 2.45) is 5.41 Å². The Kier molecular flexibility index (Phi) is 12.3. The number of aromatic nitrogens is 1. The molecule has 0 amide bonds. The number of ether oxygens (including phenoxy) is 4. The number of unbranched alkanes of at least 4 members (excludes halogenated alkanes) is 3. The summed E-state index contributed by atoms with van der Waals surface area (Å²) in [6.45, 7) is 8.75. The van der Waals surface area contributed by atoms with E-state index in [1.165, 1.54) is 0 Å². The van der Waals surface area contributed by atoms with Crippen LogP contribution in [0.15, 0.2) is 48.7 Å². The first-order valence-corrected chi connectivity index (χ1v) is 12.0. The minimum absolute atomic E-state index is 0.129. The van der Waals surface area contributed by atoms with Crippen molar-refractivity contribution >= 4 is 5.97 Å². The molecule has 2 rings (SSSR count). The quantitative estimate of drug-likeness (QED) is 0.215. The molecule has 0 aliphatic carbocycles. The van der Waals surface area contributed by atoms with E-state index in [9.17, 15) is 4.79 Å². The van der Waals surface area contributed by atoms with Crippen LogP contribution in [-0.4, -0.2) is 37.4 Å². The number of carbonyl (C=O) groups is 1. The fraction of sp³-hybridized carbons (Fsp3) is 0.556. The van der Waals surface area contributed by atoms with Gasteiger partial charge in [0.05, 0.1) is 37.5 Å². The Morgan fingerprint density at radius 1 is 0.848 bits per heavy atom. The SMILES string of the molecule is CCOC(=O)C(C)(C)CCCCOc1ccc(OCCCCCOCc2ccccn2)cc1. The Balaban J connectivity index is 1.48. The van der Waals surface area contributed by atoms with Gasteiger partial charge in [-0.25, -0.2) is 0 Å². The van der Waals surface area contributed by atoms with Crippen LogP contribution >= 0.6 is 0 Å². The van der Waals surface area contributed by atoms with Crippen LogP contribution in [0.1, 0.15) is 65.0 Å².